The van der Waals surface area contributed by atoms with Gasteiger partial charge in [0.2, 0.25) is 5.91 Å². The number of hydrogen-bond acceptors (Lipinski definition) is 6. The molecule has 0 bridgehead atoms. The van der Waals surface area contributed by atoms with Gasteiger partial charge in [0, 0.05) is 42.9 Å². The lowest BCUT2D eigenvalue weighted by Crippen LogP contribution is -2.39. The van der Waals surface area contributed by atoms with Crippen molar-refractivity contribution in [3.05, 3.63) is 27.7 Å². The average Bonchev–Trinajstić information content (AvgIpc) is 3.28. The molecular weight excluding hydrogens is 360 g/mol. The Morgan fingerprint density at radius 1 is 1.26 bits per heavy atom. The zero-order valence-corrected chi connectivity index (χ0v) is 17.2. The largest absolute Gasteiger partial charge is 0.342 e. The van der Waals surface area contributed by atoms with E-state index in [9.17, 15) is 4.79 Å². The summed E-state index contributed by atoms with van der Waals surface area (Å²) in [4.78, 5) is 19.4. The molecule has 1 saturated heterocycles. The Labute approximate surface area is 164 Å². The van der Waals surface area contributed by atoms with Gasteiger partial charge in [0.25, 0.3) is 0 Å². The molecule has 1 N–H and O–H groups in total. The van der Waals surface area contributed by atoms with Crippen LogP contribution in [0.5, 0.6) is 0 Å². The van der Waals surface area contributed by atoms with Gasteiger partial charge in [-0.3, -0.25) is 4.79 Å². The summed E-state index contributed by atoms with van der Waals surface area (Å²) in [5, 5.41) is 15.2. The third-order valence-corrected chi connectivity index (χ3v) is 6.71. The summed E-state index contributed by atoms with van der Waals surface area (Å²) < 4.78 is 2.27. The number of carbonyl (C=O) groups excluding carboxylic acids is 1. The first-order valence-electron chi connectivity index (χ1n) is 9.77. The molecule has 1 amide bonds. The Morgan fingerprint density at radius 3 is 2.74 bits per heavy atom. The summed E-state index contributed by atoms with van der Waals surface area (Å²) >= 11 is 1.65. The monoisotopic (exact) mass is 388 g/mol. The van der Waals surface area contributed by atoms with Gasteiger partial charge >= 0.3 is 0 Å². The molecule has 0 atom stereocenters. The number of hydrogen-bond donors (Lipinski definition) is 1. The van der Waals surface area contributed by atoms with Crippen molar-refractivity contribution in [2.75, 3.05) is 19.6 Å². The number of aromatic nitrogens is 4. The van der Waals surface area contributed by atoms with Gasteiger partial charge in [0.05, 0.1) is 23.7 Å². The van der Waals surface area contributed by atoms with E-state index in [0.29, 0.717) is 12.3 Å². The van der Waals surface area contributed by atoms with Crippen molar-refractivity contribution in [1.29, 1.82) is 0 Å². The zero-order valence-electron chi connectivity index (χ0n) is 16.4. The van der Waals surface area contributed by atoms with Gasteiger partial charge in [-0.15, -0.1) is 21.5 Å². The van der Waals surface area contributed by atoms with Crippen molar-refractivity contribution in [3.8, 4) is 0 Å². The van der Waals surface area contributed by atoms with Gasteiger partial charge in [-0.05, 0) is 12.8 Å². The van der Waals surface area contributed by atoms with Crippen molar-refractivity contribution >= 4 is 17.2 Å². The number of thiazole rings is 1. The van der Waals surface area contributed by atoms with Crippen LogP contribution in [0.3, 0.4) is 0 Å². The molecule has 7 nitrogen and oxygen atoms in total. The minimum atomic E-state index is 0.0389. The smallest absolute Gasteiger partial charge is 0.228 e. The highest BCUT2D eigenvalue weighted by molar-refractivity contribution is 7.09. The van der Waals surface area contributed by atoms with Crippen LogP contribution in [0.2, 0.25) is 0 Å². The molecule has 0 aromatic carbocycles. The van der Waals surface area contributed by atoms with Crippen LogP contribution in [0.15, 0.2) is 5.38 Å². The molecule has 0 aliphatic carbocycles. The fourth-order valence-corrected chi connectivity index (χ4v) is 4.71. The number of piperidine rings is 1. The molecular formula is C19H28N6OS. The van der Waals surface area contributed by atoms with Gasteiger partial charge in [0.15, 0.2) is 0 Å². The molecule has 0 saturated carbocycles. The Balaban J connectivity index is 1.34. The summed E-state index contributed by atoms with van der Waals surface area (Å²) in [6, 6.07) is 0. The standard InChI is InChI=1S/C19H28N6OS/c1-19(2,3)18-21-14(12-27-18)10-16(26)24-7-4-13(5-8-24)17-23-22-15-11-20-6-9-25(15)17/h12-13,20H,4-11H2,1-3H3. The molecule has 0 radical (unpaired) electrons. The third kappa shape index (κ3) is 3.91. The van der Waals surface area contributed by atoms with Gasteiger partial charge in [-0.1, -0.05) is 20.8 Å². The lowest BCUT2D eigenvalue weighted by Gasteiger charge is -2.32. The number of nitrogens with one attached hydrogen (secondary N) is 1. The third-order valence-electron chi connectivity index (χ3n) is 5.39. The number of likely N-dealkylation sites (tertiary alicyclic amines) is 1. The Morgan fingerprint density at radius 2 is 2.04 bits per heavy atom. The molecule has 2 aliphatic rings. The highest BCUT2D eigenvalue weighted by atomic mass is 32.1. The van der Waals surface area contributed by atoms with Crippen molar-refractivity contribution in [3.63, 3.8) is 0 Å². The molecule has 1 fully saturated rings. The zero-order chi connectivity index (χ0) is 19.0. The van der Waals surface area contributed by atoms with E-state index in [1.165, 1.54) is 0 Å². The minimum absolute atomic E-state index is 0.0389. The van der Waals surface area contributed by atoms with E-state index in [1.807, 2.05) is 10.3 Å². The summed E-state index contributed by atoms with van der Waals surface area (Å²) in [7, 11) is 0. The molecule has 2 aromatic rings. The second-order valence-corrected chi connectivity index (χ2v) is 9.39. The first-order valence-corrected chi connectivity index (χ1v) is 10.6. The van der Waals surface area contributed by atoms with Crippen LogP contribution >= 0.6 is 11.3 Å². The number of fused-ring (bicyclic) bond motifs is 1. The van der Waals surface area contributed by atoms with E-state index in [1.54, 1.807) is 11.3 Å². The normalized spacial score (nSPS) is 18.6. The van der Waals surface area contributed by atoms with E-state index in [2.05, 4.69) is 45.8 Å². The van der Waals surface area contributed by atoms with Gasteiger partial charge in [-0.25, -0.2) is 4.98 Å². The van der Waals surface area contributed by atoms with Crippen molar-refractivity contribution in [1.82, 2.24) is 30.0 Å². The quantitative estimate of drug-likeness (QED) is 0.871. The molecule has 146 valence electrons. The minimum Gasteiger partial charge on any atom is -0.342 e. The van der Waals surface area contributed by atoms with E-state index >= 15 is 0 Å². The molecule has 0 unspecified atom stereocenters. The number of nitrogens with zero attached hydrogens (tertiary/aromatic N) is 5. The maximum atomic E-state index is 12.7. The first kappa shape index (κ1) is 18.6. The summed E-state index contributed by atoms with van der Waals surface area (Å²) in [5.74, 6) is 2.73. The molecule has 0 spiro atoms. The van der Waals surface area contributed by atoms with Crippen LogP contribution in [0.25, 0.3) is 0 Å². The topological polar surface area (TPSA) is 75.9 Å². The number of rotatable bonds is 3. The Hall–Kier alpha value is -1.80. The second kappa shape index (κ2) is 7.31. The predicted molar refractivity (Wildman–Crippen MR) is 105 cm³/mol. The SMILES string of the molecule is CC(C)(C)c1nc(CC(=O)N2CCC(c3nnc4n3CCNC4)CC2)cs1. The Kier molecular flexibility index (Phi) is 5.03. The van der Waals surface area contributed by atoms with Crippen LogP contribution in [-0.4, -0.2) is 50.2 Å². The first-order chi connectivity index (χ1) is 12.9. The van der Waals surface area contributed by atoms with Crippen LogP contribution in [-0.2, 0) is 29.7 Å². The molecule has 8 heteroatoms. The van der Waals surface area contributed by atoms with Crippen LogP contribution in [0, 0.1) is 0 Å². The maximum absolute atomic E-state index is 12.7. The molecule has 4 heterocycles. The summed E-state index contributed by atoms with van der Waals surface area (Å²) in [5.41, 5.74) is 0.938. The highest BCUT2D eigenvalue weighted by Gasteiger charge is 2.29. The average molecular weight is 389 g/mol. The summed E-state index contributed by atoms with van der Waals surface area (Å²) in [6.07, 6.45) is 2.33. The van der Waals surface area contributed by atoms with E-state index < -0.39 is 0 Å². The van der Waals surface area contributed by atoms with Gasteiger partial charge in [-0.2, -0.15) is 0 Å². The number of carbonyl (C=O) groups is 1. The lowest BCUT2D eigenvalue weighted by atomic mass is 9.95. The van der Waals surface area contributed by atoms with E-state index in [4.69, 9.17) is 0 Å². The Bertz CT molecular complexity index is 813. The molecule has 2 aliphatic heterocycles. The molecule has 27 heavy (non-hydrogen) atoms. The van der Waals surface area contributed by atoms with E-state index in [-0.39, 0.29) is 11.3 Å². The second-order valence-electron chi connectivity index (χ2n) is 8.53. The lowest BCUT2D eigenvalue weighted by molar-refractivity contribution is -0.131. The summed E-state index contributed by atoms with van der Waals surface area (Å²) in [6.45, 7) is 10.8. The fraction of sp³-hybridized carbons (Fsp3) is 0.684. The predicted octanol–water partition coefficient (Wildman–Crippen LogP) is 2.08. The molecule has 2 aromatic heterocycles. The number of amides is 1. The van der Waals surface area contributed by atoms with Gasteiger partial charge in [0.1, 0.15) is 11.6 Å². The van der Waals surface area contributed by atoms with Gasteiger partial charge < -0.3 is 14.8 Å². The van der Waals surface area contributed by atoms with E-state index in [0.717, 1.165) is 67.9 Å². The molecule has 4 rings (SSSR count). The van der Waals surface area contributed by atoms with Crippen LogP contribution < -0.4 is 5.32 Å². The van der Waals surface area contributed by atoms with Crippen LogP contribution in [0.4, 0.5) is 0 Å². The van der Waals surface area contributed by atoms with Crippen molar-refractivity contribution in [2.24, 2.45) is 0 Å². The maximum Gasteiger partial charge on any atom is 0.228 e. The van der Waals surface area contributed by atoms with Crippen molar-refractivity contribution in [2.45, 2.75) is 64.5 Å². The van der Waals surface area contributed by atoms with Crippen molar-refractivity contribution < 1.29 is 4.79 Å². The van der Waals surface area contributed by atoms with Crippen LogP contribution in [0.1, 0.15) is 61.9 Å². The highest BCUT2D eigenvalue weighted by Crippen LogP contribution is 2.29. The fourth-order valence-electron chi connectivity index (χ4n) is 3.80.